The van der Waals surface area contributed by atoms with Crippen LogP contribution in [0.15, 0.2) is 24.3 Å². The van der Waals surface area contributed by atoms with Gasteiger partial charge in [0.15, 0.2) is 0 Å². The third kappa shape index (κ3) is 3.65. The van der Waals surface area contributed by atoms with Crippen LogP contribution in [0.5, 0.6) is 0 Å². The lowest BCUT2D eigenvalue weighted by atomic mass is 10.1. The summed E-state index contributed by atoms with van der Waals surface area (Å²) in [5.41, 5.74) is 6.28. The maximum atomic E-state index is 12.1. The van der Waals surface area contributed by atoms with Gasteiger partial charge in [-0.1, -0.05) is 0 Å². The second-order valence-electron chi connectivity index (χ2n) is 4.46. The fourth-order valence-electron chi connectivity index (χ4n) is 2.10. The summed E-state index contributed by atoms with van der Waals surface area (Å²) in [5, 5.41) is 10.5. The van der Waals surface area contributed by atoms with Gasteiger partial charge < -0.3 is 10.6 Å². The Bertz CT molecular complexity index is 464. The van der Waals surface area contributed by atoms with E-state index in [1.807, 2.05) is 0 Å². The average Bonchev–Trinajstić information content (AvgIpc) is 2.38. The normalized spacial score (nSPS) is 18.6. The van der Waals surface area contributed by atoms with Gasteiger partial charge in [-0.3, -0.25) is 14.9 Å². The van der Waals surface area contributed by atoms with Crippen LogP contribution in [0.25, 0.3) is 0 Å². The van der Waals surface area contributed by atoms with Crippen LogP contribution in [-0.2, 0) is 0 Å². The molecule has 0 radical (unpaired) electrons. The second kappa shape index (κ2) is 6.49. The second-order valence-corrected chi connectivity index (χ2v) is 4.46. The van der Waals surface area contributed by atoms with Crippen molar-refractivity contribution in [2.45, 2.75) is 18.9 Å². The van der Waals surface area contributed by atoms with Crippen LogP contribution in [0.2, 0.25) is 0 Å². The van der Waals surface area contributed by atoms with E-state index in [4.69, 9.17) is 5.73 Å². The summed E-state index contributed by atoms with van der Waals surface area (Å²) in [7, 11) is 0. The zero-order chi connectivity index (χ0) is 13.1. The Hall–Kier alpha value is -1.66. The number of hydrogen-bond donors (Lipinski definition) is 1. The molecule has 1 atom stereocenters. The largest absolute Gasteiger partial charge is 0.337 e. The van der Waals surface area contributed by atoms with Crippen molar-refractivity contribution in [3.05, 3.63) is 39.9 Å². The van der Waals surface area contributed by atoms with Crippen molar-refractivity contribution in [2.75, 3.05) is 13.1 Å². The van der Waals surface area contributed by atoms with E-state index >= 15 is 0 Å². The first-order valence-corrected chi connectivity index (χ1v) is 5.87. The number of nitrogens with zero attached hydrogens (tertiary/aromatic N) is 2. The van der Waals surface area contributed by atoms with Gasteiger partial charge >= 0.3 is 0 Å². The number of carbonyl (C=O) groups excluding carboxylic acids is 1. The first-order chi connectivity index (χ1) is 8.58. The maximum Gasteiger partial charge on any atom is 0.269 e. The van der Waals surface area contributed by atoms with Crippen molar-refractivity contribution in [2.24, 2.45) is 5.73 Å². The van der Waals surface area contributed by atoms with Gasteiger partial charge in [0.25, 0.3) is 11.6 Å². The van der Waals surface area contributed by atoms with Crippen LogP contribution in [0, 0.1) is 10.1 Å². The lowest BCUT2D eigenvalue weighted by Crippen LogP contribution is -2.45. The maximum absolute atomic E-state index is 12.1. The molecule has 1 aliphatic heterocycles. The first kappa shape index (κ1) is 15.4. The highest BCUT2D eigenvalue weighted by Crippen LogP contribution is 2.16. The number of nitrogens with two attached hydrogens (primary N) is 1. The number of amides is 1. The molecule has 0 spiro atoms. The van der Waals surface area contributed by atoms with Gasteiger partial charge in [0.1, 0.15) is 0 Å². The molecule has 0 saturated carbocycles. The van der Waals surface area contributed by atoms with Crippen molar-refractivity contribution in [3.8, 4) is 0 Å². The Labute approximate surface area is 117 Å². The predicted octanol–water partition coefficient (Wildman–Crippen LogP) is 1.58. The Morgan fingerprint density at radius 3 is 2.53 bits per heavy atom. The number of piperidine rings is 1. The molecule has 0 aliphatic carbocycles. The molecule has 0 bridgehead atoms. The number of hydrogen-bond acceptors (Lipinski definition) is 4. The van der Waals surface area contributed by atoms with Gasteiger partial charge in [-0.15, -0.1) is 12.4 Å². The lowest BCUT2D eigenvalue weighted by Gasteiger charge is -2.30. The van der Waals surface area contributed by atoms with E-state index in [9.17, 15) is 14.9 Å². The minimum atomic E-state index is -0.481. The van der Waals surface area contributed by atoms with Crippen LogP contribution < -0.4 is 5.73 Å². The van der Waals surface area contributed by atoms with Crippen molar-refractivity contribution in [1.29, 1.82) is 0 Å². The highest BCUT2D eigenvalue weighted by molar-refractivity contribution is 5.94. The third-order valence-corrected chi connectivity index (χ3v) is 3.07. The molecule has 1 aromatic rings. The number of non-ortho nitro benzene ring substituents is 1. The highest BCUT2D eigenvalue weighted by atomic mass is 35.5. The van der Waals surface area contributed by atoms with E-state index in [2.05, 4.69) is 0 Å². The summed E-state index contributed by atoms with van der Waals surface area (Å²) < 4.78 is 0. The van der Waals surface area contributed by atoms with E-state index in [-0.39, 0.29) is 30.0 Å². The minimum Gasteiger partial charge on any atom is -0.337 e. The highest BCUT2D eigenvalue weighted by Gasteiger charge is 2.22. The minimum absolute atomic E-state index is 0. The number of halogens is 1. The first-order valence-electron chi connectivity index (χ1n) is 5.87. The van der Waals surface area contributed by atoms with Gasteiger partial charge in [0.05, 0.1) is 4.92 Å². The van der Waals surface area contributed by atoms with Crippen LogP contribution in [-0.4, -0.2) is 34.9 Å². The zero-order valence-electron chi connectivity index (χ0n) is 10.3. The molecule has 1 amide bonds. The summed E-state index contributed by atoms with van der Waals surface area (Å²) in [5.74, 6) is -0.111. The van der Waals surface area contributed by atoms with Gasteiger partial charge in [0, 0.05) is 36.8 Å². The quantitative estimate of drug-likeness (QED) is 0.660. The van der Waals surface area contributed by atoms with Crippen molar-refractivity contribution < 1.29 is 9.72 Å². The summed E-state index contributed by atoms with van der Waals surface area (Å²) in [4.78, 5) is 23.9. The number of nitro groups is 1. The fraction of sp³-hybridized carbons (Fsp3) is 0.417. The fourth-order valence-corrected chi connectivity index (χ4v) is 2.10. The molecule has 0 aromatic heterocycles. The van der Waals surface area contributed by atoms with Gasteiger partial charge in [-0.25, -0.2) is 0 Å². The summed E-state index contributed by atoms with van der Waals surface area (Å²) in [6.07, 6.45) is 1.84. The van der Waals surface area contributed by atoms with E-state index in [1.54, 1.807) is 4.90 Å². The predicted molar refractivity (Wildman–Crippen MR) is 73.5 cm³/mol. The molecule has 2 N–H and O–H groups in total. The number of benzene rings is 1. The van der Waals surface area contributed by atoms with Crippen molar-refractivity contribution >= 4 is 24.0 Å². The number of rotatable bonds is 2. The van der Waals surface area contributed by atoms with Crippen molar-refractivity contribution in [3.63, 3.8) is 0 Å². The number of likely N-dealkylation sites (tertiary alicyclic amines) is 1. The molecule has 1 saturated heterocycles. The summed E-state index contributed by atoms with van der Waals surface area (Å²) >= 11 is 0. The van der Waals surface area contributed by atoms with E-state index < -0.39 is 4.92 Å². The SMILES string of the molecule is Cl.NC1CCCN(C(=O)c2ccc([N+](=O)[O-])cc2)C1. The summed E-state index contributed by atoms with van der Waals surface area (Å²) in [6.45, 7) is 1.25. The Kier molecular flexibility index (Phi) is 5.26. The Morgan fingerprint density at radius 1 is 1.37 bits per heavy atom. The Balaban J connectivity index is 0.00000180. The molecule has 1 unspecified atom stereocenters. The van der Waals surface area contributed by atoms with E-state index in [0.29, 0.717) is 18.7 Å². The van der Waals surface area contributed by atoms with Gasteiger partial charge in [0.2, 0.25) is 0 Å². The molecular formula is C12H16ClN3O3. The molecular weight excluding hydrogens is 270 g/mol. The lowest BCUT2D eigenvalue weighted by molar-refractivity contribution is -0.384. The van der Waals surface area contributed by atoms with Crippen molar-refractivity contribution in [1.82, 2.24) is 4.90 Å². The van der Waals surface area contributed by atoms with Crippen LogP contribution in [0.3, 0.4) is 0 Å². The number of carbonyl (C=O) groups is 1. The smallest absolute Gasteiger partial charge is 0.269 e. The van der Waals surface area contributed by atoms with E-state index in [0.717, 1.165) is 12.8 Å². The van der Waals surface area contributed by atoms with Crippen LogP contribution >= 0.6 is 12.4 Å². The molecule has 1 aliphatic rings. The van der Waals surface area contributed by atoms with Crippen LogP contribution in [0.1, 0.15) is 23.2 Å². The molecule has 1 aromatic carbocycles. The molecule has 1 heterocycles. The molecule has 104 valence electrons. The van der Waals surface area contributed by atoms with Crippen LogP contribution in [0.4, 0.5) is 5.69 Å². The average molecular weight is 286 g/mol. The standard InChI is InChI=1S/C12H15N3O3.ClH/c13-10-2-1-7-14(8-10)12(16)9-3-5-11(6-4-9)15(17)18;/h3-6,10H,1-2,7-8,13H2;1H. The van der Waals surface area contributed by atoms with Gasteiger partial charge in [-0.2, -0.15) is 0 Å². The number of nitro benzene ring substituents is 1. The molecule has 6 nitrogen and oxygen atoms in total. The molecule has 2 rings (SSSR count). The van der Waals surface area contributed by atoms with Gasteiger partial charge in [-0.05, 0) is 25.0 Å². The Morgan fingerprint density at radius 2 is 2.00 bits per heavy atom. The zero-order valence-corrected chi connectivity index (χ0v) is 11.1. The topological polar surface area (TPSA) is 89.5 Å². The molecule has 1 fully saturated rings. The molecule has 19 heavy (non-hydrogen) atoms. The third-order valence-electron chi connectivity index (χ3n) is 3.07. The van der Waals surface area contributed by atoms with E-state index in [1.165, 1.54) is 24.3 Å². The monoisotopic (exact) mass is 285 g/mol. The summed E-state index contributed by atoms with van der Waals surface area (Å²) in [6, 6.07) is 5.69. The molecule has 7 heteroatoms.